The molecule has 0 atom stereocenters. The molecular weight excluding hydrogens is 408 g/mol. The first-order chi connectivity index (χ1) is 15.7. The Hall–Kier alpha value is -3.66. The molecule has 0 aliphatic heterocycles. The van der Waals surface area contributed by atoms with Crippen molar-refractivity contribution in [1.82, 2.24) is 34.3 Å². The molecule has 0 bridgehead atoms. The molecule has 4 aromatic rings. The van der Waals surface area contributed by atoms with Gasteiger partial charge in [-0.15, -0.1) is 0 Å². The number of nitrogens with zero attached hydrogens (tertiary/aromatic N) is 7. The van der Waals surface area contributed by atoms with Crippen molar-refractivity contribution in [2.45, 2.75) is 44.4 Å². The van der Waals surface area contributed by atoms with Crippen LogP contribution >= 0.6 is 0 Å². The minimum absolute atomic E-state index is 0.0725. The summed E-state index contributed by atoms with van der Waals surface area (Å²) in [7, 11) is 1.64. The smallest absolute Gasteiger partial charge is 0.267 e. The molecule has 0 radical (unpaired) electrons. The Morgan fingerprint density at radius 2 is 2.06 bits per heavy atom. The second kappa shape index (κ2) is 8.83. The SMILES string of the molecule is COCc1cc(NC2CCC(n3nc(-c4cccnc4)ccc3=O)CC2)n2ncnc2n1. The zero-order valence-corrected chi connectivity index (χ0v) is 17.8. The van der Waals surface area contributed by atoms with Crippen LogP contribution in [0.4, 0.5) is 5.82 Å². The number of ether oxygens (including phenoxy) is 1. The Bertz CT molecular complexity index is 1260. The van der Waals surface area contributed by atoms with Gasteiger partial charge >= 0.3 is 0 Å². The van der Waals surface area contributed by atoms with Gasteiger partial charge in [0, 0.05) is 43.2 Å². The minimum Gasteiger partial charge on any atom is -0.378 e. The molecule has 1 saturated carbocycles. The van der Waals surface area contributed by atoms with E-state index < -0.39 is 0 Å². The maximum Gasteiger partial charge on any atom is 0.267 e. The van der Waals surface area contributed by atoms with Crippen LogP contribution in [0.2, 0.25) is 0 Å². The lowest BCUT2D eigenvalue weighted by Crippen LogP contribution is -2.33. The zero-order chi connectivity index (χ0) is 21.9. The Kier molecular flexibility index (Phi) is 5.59. The number of hydrogen-bond acceptors (Lipinski definition) is 8. The third kappa shape index (κ3) is 4.09. The number of pyridine rings is 1. The zero-order valence-electron chi connectivity index (χ0n) is 17.8. The third-order valence-electron chi connectivity index (χ3n) is 5.77. The highest BCUT2D eigenvalue weighted by molar-refractivity contribution is 5.56. The van der Waals surface area contributed by atoms with Crippen LogP contribution < -0.4 is 10.9 Å². The fourth-order valence-corrected chi connectivity index (χ4v) is 4.21. The predicted octanol–water partition coefficient (Wildman–Crippen LogP) is 2.49. The second-order valence-electron chi connectivity index (χ2n) is 7.93. The molecule has 0 spiro atoms. The third-order valence-corrected chi connectivity index (χ3v) is 5.77. The van der Waals surface area contributed by atoms with Crippen LogP contribution in [0.25, 0.3) is 17.0 Å². The summed E-state index contributed by atoms with van der Waals surface area (Å²) in [5, 5.41) is 12.5. The lowest BCUT2D eigenvalue weighted by molar-refractivity contribution is 0.181. The standard InChI is InChI=1S/C22H24N8O2/c1-32-13-17-11-20(30-22(27-17)24-14-25-30)26-16-4-6-18(7-5-16)29-21(31)9-8-19(28-29)15-3-2-10-23-12-15/h2-3,8-12,14,16,18,26H,4-7,13H2,1H3. The number of nitrogens with one attached hydrogen (secondary N) is 1. The molecule has 1 fully saturated rings. The number of anilines is 1. The average Bonchev–Trinajstić information content (AvgIpc) is 3.30. The highest BCUT2D eigenvalue weighted by Gasteiger charge is 2.25. The molecule has 0 amide bonds. The summed E-state index contributed by atoms with van der Waals surface area (Å²) in [4.78, 5) is 25.3. The lowest BCUT2D eigenvalue weighted by atomic mass is 9.91. The first-order valence-electron chi connectivity index (χ1n) is 10.7. The molecule has 4 heterocycles. The second-order valence-corrected chi connectivity index (χ2v) is 7.93. The maximum absolute atomic E-state index is 12.5. The van der Waals surface area contributed by atoms with Gasteiger partial charge in [0.1, 0.15) is 12.1 Å². The van der Waals surface area contributed by atoms with Gasteiger partial charge in [-0.3, -0.25) is 9.78 Å². The molecule has 0 saturated heterocycles. The van der Waals surface area contributed by atoms with E-state index in [1.54, 1.807) is 40.8 Å². The monoisotopic (exact) mass is 432 g/mol. The van der Waals surface area contributed by atoms with Crippen LogP contribution in [0.3, 0.4) is 0 Å². The number of rotatable bonds is 6. The van der Waals surface area contributed by atoms with Crippen LogP contribution in [-0.4, -0.2) is 47.5 Å². The van der Waals surface area contributed by atoms with Crippen LogP contribution in [0, 0.1) is 0 Å². The lowest BCUT2D eigenvalue weighted by Gasteiger charge is -2.30. The largest absolute Gasteiger partial charge is 0.378 e. The maximum atomic E-state index is 12.5. The molecule has 10 nitrogen and oxygen atoms in total. The van der Waals surface area contributed by atoms with Gasteiger partial charge in [0.2, 0.25) is 0 Å². The van der Waals surface area contributed by atoms with E-state index in [0.29, 0.717) is 12.4 Å². The van der Waals surface area contributed by atoms with Crippen molar-refractivity contribution < 1.29 is 4.74 Å². The highest BCUT2D eigenvalue weighted by Crippen LogP contribution is 2.29. The average molecular weight is 432 g/mol. The van der Waals surface area contributed by atoms with E-state index in [2.05, 4.69) is 30.5 Å². The van der Waals surface area contributed by atoms with E-state index in [4.69, 9.17) is 4.74 Å². The number of aromatic nitrogens is 7. The van der Waals surface area contributed by atoms with Crippen molar-refractivity contribution in [2.75, 3.05) is 12.4 Å². The molecule has 164 valence electrons. The number of hydrogen-bond donors (Lipinski definition) is 1. The molecule has 5 rings (SSSR count). The molecule has 4 aromatic heterocycles. The summed E-state index contributed by atoms with van der Waals surface area (Å²) >= 11 is 0. The molecule has 1 aliphatic carbocycles. The van der Waals surface area contributed by atoms with E-state index in [1.165, 1.54) is 6.33 Å². The summed E-state index contributed by atoms with van der Waals surface area (Å²) in [6, 6.07) is 9.44. The Morgan fingerprint density at radius 1 is 1.19 bits per heavy atom. The molecule has 1 aliphatic rings. The van der Waals surface area contributed by atoms with Crippen LogP contribution in [0.1, 0.15) is 37.4 Å². The fourth-order valence-electron chi connectivity index (χ4n) is 4.21. The van der Waals surface area contributed by atoms with Gasteiger partial charge in [0.05, 0.1) is 24.0 Å². The summed E-state index contributed by atoms with van der Waals surface area (Å²) in [6.45, 7) is 0.409. The molecule has 32 heavy (non-hydrogen) atoms. The topological polar surface area (TPSA) is 112 Å². The predicted molar refractivity (Wildman–Crippen MR) is 118 cm³/mol. The Morgan fingerprint density at radius 3 is 2.84 bits per heavy atom. The van der Waals surface area contributed by atoms with Crippen molar-refractivity contribution in [2.24, 2.45) is 0 Å². The van der Waals surface area contributed by atoms with E-state index in [0.717, 1.165) is 48.5 Å². The van der Waals surface area contributed by atoms with Crippen molar-refractivity contribution in [3.8, 4) is 11.3 Å². The van der Waals surface area contributed by atoms with Gasteiger partial charge in [0.15, 0.2) is 0 Å². The summed E-state index contributed by atoms with van der Waals surface area (Å²) in [5.74, 6) is 1.38. The quantitative estimate of drug-likeness (QED) is 0.495. The van der Waals surface area contributed by atoms with Gasteiger partial charge < -0.3 is 10.1 Å². The van der Waals surface area contributed by atoms with Crippen molar-refractivity contribution in [3.63, 3.8) is 0 Å². The first-order valence-corrected chi connectivity index (χ1v) is 10.7. The van der Waals surface area contributed by atoms with Crippen LogP contribution in [-0.2, 0) is 11.3 Å². The van der Waals surface area contributed by atoms with E-state index in [-0.39, 0.29) is 17.6 Å². The summed E-state index contributed by atoms with van der Waals surface area (Å²) < 4.78 is 8.56. The van der Waals surface area contributed by atoms with E-state index in [9.17, 15) is 4.79 Å². The Labute approximate surface area is 184 Å². The summed E-state index contributed by atoms with van der Waals surface area (Å²) in [6.07, 6.45) is 8.52. The van der Waals surface area contributed by atoms with Crippen molar-refractivity contribution in [1.29, 1.82) is 0 Å². The molecular formula is C22H24N8O2. The molecule has 0 unspecified atom stereocenters. The molecule has 1 N–H and O–H groups in total. The Balaban J connectivity index is 1.31. The van der Waals surface area contributed by atoms with Crippen molar-refractivity contribution >= 4 is 11.6 Å². The van der Waals surface area contributed by atoms with Gasteiger partial charge in [-0.1, -0.05) is 0 Å². The highest BCUT2D eigenvalue weighted by atomic mass is 16.5. The van der Waals surface area contributed by atoms with Gasteiger partial charge in [-0.05, 0) is 43.9 Å². The normalized spacial score (nSPS) is 18.7. The van der Waals surface area contributed by atoms with Gasteiger partial charge in [-0.2, -0.15) is 19.7 Å². The molecule has 0 aromatic carbocycles. The van der Waals surface area contributed by atoms with E-state index in [1.807, 2.05) is 18.2 Å². The summed E-state index contributed by atoms with van der Waals surface area (Å²) in [5.41, 5.74) is 2.39. The first kappa shape index (κ1) is 20.3. The fraction of sp³-hybridized carbons (Fsp3) is 0.364. The van der Waals surface area contributed by atoms with Gasteiger partial charge in [-0.25, -0.2) is 9.67 Å². The van der Waals surface area contributed by atoms with Crippen LogP contribution in [0.15, 0.2) is 53.8 Å². The van der Waals surface area contributed by atoms with Crippen molar-refractivity contribution in [3.05, 3.63) is 65.1 Å². The molecule has 10 heteroatoms. The van der Waals surface area contributed by atoms with E-state index >= 15 is 0 Å². The minimum atomic E-state index is -0.0725. The number of fused-ring (bicyclic) bond motifs is 1. The van der Waals surface area contributed by atoms with Gasteiger partial charge in [0.25, 0.3) is 11.3 Å². The van der Waals surface area contributed by atoms with Crippen LogP contribution in [0.5, 0.6) is 0 Å². The number of methoxy groups -OCH3 is 1.